The zero-order chi connectivity index (χ0) is 14.8. The summed E-state index contributed by atoms with van der Waals surface area (Å²) in [6, 6.07) is 5.46. The number of hydrogen-bond acceptors (Lipinski definition) is 2. The Morgan fingerprint density at radius 3 is 2.60 bits per heavy atom. The van der Waals surface area contributed by atoms with Crippen LogP contribution in [0.2, 0.25) is 0 Å². The van der Waals surface area contributed by atoms with E-state index in [4.69, 9.17) is 4.74 Å². The normalized spacial score (nSPS) is 23.4. The fourth-order valence-corrected chi connectivity index (χ4v) is 2.76. The molecule has 1 aromatic carbocycles. The molecule has 0 aliphatic heterocycles. The van der Waals surface area contributed by atoms with Gasteiger partial charge in [0.1, 0.15) is 5.75 Å². The maximum atomic E-state index is 12.8. The summed E-state index contributed by atoms with van der Waals surface area (Å²) in [5.41, 5.74) is 1.87. The van der Waals surface area contributed by atoms with E-state index in [0.717, 1.165) is 23.4 Å². The SMILES string of the molecule is COc1ccc(NC2CCCC(C(F)(F)F)C2)c(C)c1. The number of halogens is 3. The molecule has 0 radical (unpaired) electrons. The van der Waals surface area contributed by atoms with Crippen LogP contribution < -0.4 is 10.1 Å². The van der Waals surface area contributed by atoms with E-state index >= 15 is 0 Å². The van der Waals surface area contributed by atoms with Gasteiger partial charge in [0.25, 0.3) is 0 Å². The molecule has 0 saturated heterocycles. The van der Waals surface area contributed by atoms with Crippen molar-refractivity contribution >= 4 is 5.69 Å². The van der Waals surface area contributed by atoms with Gasteiger partial charge >= 0.3 is 6.18 Å². The summed E-state index contributed by atoms with van der Waals surface area (Å²) >= 11 is 0. The first-order valence-corrected chi connectivity index (χ1v) is 6.88. The number of nitrogens with one attached hydrogen (secondary N) is 1. The van der Waals surface area contributed by atoms with Crippen molar-refractivity contribution in [3.05, 3.63) is 23.8 Å². The Bertz CT molecular complexity index is 459. The van der Waals surface area contributed by atoms with Crippen molar-refractivity contribution in [1.82, 2.24) is 0 Å². The molecule has 1 aromatic rings. The highest BCUT2D eigenvalue weighted by Crippen LogP contribution is 2.38. The van der Waals surface area contributed by atoms with E-state index in [1.54, 1.807) is 7.11 Å². The van der Waals surface area contributed by atoms with E-state index in [1.165, 1.54) is 0 Å². The van der Waals surface area contributed by atoms with Crippen molar-refractivity contribution in [3.63, 3.8) is 0 Å². The van der Waals surface area contributed by atoms with Gasteiger partial charge in [0.2, 0.25) is 0 Å². The van der Waals surface area contributed by atoms with Gasteiger partial charge in [-0.3, -0.25) is 0 Å². The van der Waals surface area contributed by atoms with Crippen molar-refractivity contribution in [2.24, 2.45) is 5.92 Å². The minimum atomic E-state index is -4.07. The lowest BCUT2D eigenvalue weighted by molar-refractivity contribution is -0.182. The fourth-order valence-electron chi connectivity index (χ4n) is 2.76. The summed E-state index contributed by atoms with van der Waals surface area (Å²) < 4.78 is 43.5. The van der Waals surface area contributed by atoms with Crippen LogP contribution in [0.15, 0.2) is 18.2 Å². The predicted molar refractivity (Wildman–Crippen MR) is 73.2 cm³/mol. The van der Waals surface area contributed by atoms with Crippen molar-refractivity contribution < 1.29 is 17.9 Å². The van der Waals surface area contributed by atoms with Crippen LogP contribution in [0.25, 0.3) is 0 Å². The lowest BCUT2D eigenvalue weighted by Crippen LogP contribution is -2.34. The Balaban J connectivity index is 2.03. The number of benzene rings is 1. The van der Waals surface area contributed by atoms with Gasteiger partial charge in [-0.1, -0.05) is 6.42 Å². The average molecular weight is 287 g/mol. The van der Waals surface area contributed by atoms with Gasteiger partial charge in [0, 0.05) is 11.7 Å². The first-order valence-electron chi connectivity index (χ1n) is 6.88. The van der Waals surface area contributed by atoms with Crippen LogP contribution in [0, 0.1) is 12.8 Å². The molecule has 0 bridgehead atoms. The van der Waals surface area contributed by atoms with Crippen molar-refractivity contribution in [1.29, 1.82) is 0 Å². The highest BCUT2D eigenvalue weighted by Gasteiger charge is 2.42. The molecule has 20 heavy (non-hydrogen) atoms. The molecule has 1 aliphatic rings. The second-order valence-electron chi connectivity index (χ2n) is 5.43. The first-order chi connectivity index (χ1) is 9.40. The molecule has 1 saturated carbocycles. The van der Waals surface area contributed by atoms with Gasteiger partial charge in [0.05, 0.1) is 13.0 Å². The molecule has 1 fully saturated rings. The smallest absolute Gasteiger partial charge is 0.391 e. The van der Waals surface area contributed by atoms with E-state index in [2.05, 4.69) is 5.32 Å². The summed E-state index contributed by atoms with van der Waals surface area (Å²) in [7, 11) is 1.59. The van der Waals surface area contributed by atoms with Crippen LogP contribution in [0.3, 0.4) is 0 Å². The zero-order valence-electron chi connectivity index (χ0n) is 11.8. The minimum absolute atomic E-state index is 0.109. The zero-order valence-corrected chi connectivity index (χ0v) is 11.8. The number of aryl methyl sites for hydroxylation is 1. The Morgan fingerprint density at radius 2 is 2.00 bits per heavy atom. The number of hydrogen-bond donors (Lipinski definition) is 1. The van der Waals surface area contributed by atoms with E-state index in [9.17, 15) is 13.2 Å². The fraction of sp³-hybridized carbons (Fsp3) is 0.600. The number of rotatable bonds is 3. The van der Waals surface area contributed by atoms with Crippen LogP contribution in [0.1, 0.15) is 31.2 Å². The highest BCUT2D eigenvalue weighted by molar-refractivity contribution is 5.54. The molecule has 2 nitrogen and oxygen atoms in total. The average Bonchev–Trinajstić information content (AvgIpc) is 2.40. The monoisotopic (exact) mass is 287 g/mol. The Labute approximate surface area is 117 Å². The van der Waals surface area contributed by atoms with Crippen molar-refractivity contribution in [2.45, 2.75) is 44.8 Å². The van der Waals surface area contributed by atoms with E-state index in [-0.39, 0.29) is 18.9 Å². The standard InChI is InChI=1S/C15H20F3NO/c1-10-8-13(20-2)6-7-14(10)19-12-5-3-4-11(9-12)15(16,17)18/h6-8,11-12,19H,3-5,9H2,1-2H3. The van der Waals surface area contributed by atoms with Gasteiger partial charge in [0.15, 0.2) is 0 Å². The summed E-state index contributed by atoms with van der Waals surface area (Å²) in [6.07, 6.45) is -2.25. The Kier molecular flexibility index (Phi) is 4.45. The lowest BCUT2D eigenvalue weighted by atomic mass is 9.85. The van der Waals surface area contributed by atoms with Gasteiger partial charge in [-0.2, -0.15) is 13.2 Å². The van der Waals surface area contributed by atoms with Crippen molar-refractivity contribution in [3.8, 4) is 5.75 Å². The van der Waals surface area contributed by atoms with Crippen LogP contribution in [0.4, 0.5) is 18.9 Å². The number of ether oxygens (including phenoxy) is 1. The quantitative estimate of drug-likeness (QED) is 0.881. The molecular weight excluding hydrogens is 267 g/mol. The summed E-state index contributed by atoms with van der Waals surface area (Å²) in [5, 5.41) is 3.25. The maximum Gasteiger partial charge on any atom is 0.391 e. The largest absolute Gasteiger partial charge is 0.497 e. The molecule has 0 amide bonds. The molecule has 1 aliphatic carbocycles. The number of anilines is 1. The Morgan fingerprint density at radius 1 is 1.25 bits per heavy atom. The Hall–Kier alpha value is -1.39. The molecule has 0 spiro atoms. The van der Waals surface area contributed by atoms with Crippen LogP contribution in [-0.4, -0.2) is 19.3 Å². The molecule has 0 aromatic heterocycles. The van der Waals surface area contributed by atoms with E-state index < -0.39 is 12.1 Å². The first kappa shape index (κ1) is 15.0. The van der Waals surface area contributed by atoms with Crippen LogP contribution in [-0.2, 0) is 0 Å². The molecule has 5 heteroatoms. The molecule has 2 unspecified atom stereocenters. The highest BCUT2D eigenvalue weighted by atomic mass is 19.4. The summed E-state index contributed by atoms with van der Waals surface area (Å²) in [4.78, 5) is 0. The number of methoxy groups -OCH3 is 1. The van der Waals surface area contributed by atoms with Gasteiger partial charge in [-0.15, -0.1) is 0 Å². The van der Waals surface area contributed by atoms with Gasteiger partial charge < -0.3 is 10.1 Å². The number of alkyl halides is 3. The van der Waals surface area contributed by atoms with E-state index in [1.807, 2.05) is 25.1 Å². The molecular formula is C15H20F3NO. The third kappa shape index (κ3) is 3.58. The molecule has 2 rings (SSSR count). The van der Waals surface area contributed by atoms with Gasteiger partial charge in [-0.25, -0.2) is 0 Å². The minimum Gasteiger partial charge on any atom is -0.497 e. The van der Waals surface area contributed by atoms with Crippen LogP contribution in [0.5, 0.6) is 5.75 Å². The maximum absolute atomic E-state index is 12.8. The summed E-state index contributed by atoms with van der Waals surface area (Å²) in [6.45, 7) is 1.93. The van der Waals surface area contributed by atoms with Gasteiger partial charge in [-0.05, 0) is 49.9 Å². The van der Waals surface area contributed by atoms with E-state index in [0.29, 0.717) is 6.42 Å². The summed E-state index contributed by atoms with van der Waals surface area (Å²) in [5.74, 6) is -0.419. The second-order valence-corrected chi connectivity index (χ2v) is 5.43. The predicted octanol–water partition coefficient (Wildman–Crippen LogP) is 4.54. The lowest BCUT2D eigenvalue weighted by Gasteiger charge is -2.32. The second kappa shape index (κ2) is 5.94. The molecule has 1 N–H and O–H groups in total. The third-order valence-electron chi connectivity index (χ3n) is 3.93. The van der Waals surface area contributed by atoms with Crippen molar-refractivity contribution in [2.75, 3.05) is 12.4 Å². The molecule has 112 valence electrons. The molecule has 2 atom stereocenters. The third-order valence-corrected chi connectivity index (χ3v) is 3.93. The van der Waals surface area contributed by atoms with Crippen LogP contribution >= 0.6 is 0 Å². The topological polar surface area (TPSA) is 21.3 Å². The molecule has 0 heterocycles.